The number of rotatable bonds is 2. The van der Waals surface area contributed by atoms with Gasteiger partial charge in [-0.15, -0.1) is 0 Å². The maximum Gasteiger partial charge on any atom is 0.218 e. The van der Waals surface area contributed by atoms with E-state index < -0.39 is 0 Å². The summed E-state index contributed by atoms with van der Waals surface area (Å²) in [5, 5.41) is 4.47. The lowest BCUT2D eigenvalue weighted by atomic mass is 9.49. The highest BCUT2D eigenvalue weighted by Crippen LogP contribution is 2.60. The Morgan fingerprint density at radius 1 is 1.17 bits per heavy atom. The molecule has 1 aromatic heterocycles. The minimum atomic E-state index is 0.489. The van der Waals surface area contributed by atoms with E-state index in [9.17, 15) is 0 Å². The SMILES string of the molecule is Cc1nc(N)n(CC23CC4CC(CC(C4)C2)C3)n1. The first-order chi connectivity index (χ1) is 8.62. The van der Waals surface area contributed by atoms with Gasteiger partial charge < -0.3 is 5.73 Å². The third-order valence-corrected chi connectivity index (χ3v) is 5.46. The van der Waals surface area contributed by atoms with Gasteiger partial charge in [-0.05, 0) is 68.6 Å². The highest BCUT2D eigenvalue weighted by molar-refractivity contribution is 5.16. The van der Waals surface area contributed by atoms with Gasteiger partial charge in [0.1, 0.15) is 5.82 Å². The van der Waals surface area contributed by atoms with Gasteiger partial charge in [-0.1, -0.05) is 0 Å². The Kier molecular flexibility index (Phi) is 2.10. The molecule has 1 aromatic rings. The van der Waals surface area contributed by atoms with E-state index in [2.05, 4.69) is 10.1 Å². The normalized spacial score (nSPS) is 41.5. The molecular formula is C14H22N4. The Labute approximate surface area is 108 Å². The summed E-state index contributed by atoms with van der Waals surface area (Å²) in [7, 11) is 0. The van der Waals surface area contributed by atoms with Gasteiger partial charge in [-0.3, -0.25) is 0 Å². The number of aryl methyl sites for hydroxylation is 1. The van der Waals surface area contributed by atoms with E-state index in [1.54, 1.807) is 0 Å². The largest absolute Gasteiger partial charge is 0.368 e. The second-order valence-corrected chi connectivity index (χ2v) is 7.09. The average molecular weight is 246 g/mol. The van der Waals surface area contributed by atoms with Crippen molar-refractivity contribution in [2.24, 2.45) is 23.2 Å². The van der Waals surface area contributed by atoms with E-state index >= 15 is 0 Å². The van der Waals surface area contributed by atoms with Gasteiger partial charge in [0.15, 0.2) is 0 Å². The molecule has 4 bridgehead atoms. The Balaban J connectivity index is 1.62. The zero-order valence-electron chi connectivity index (χ0n) is 11.1. The van der Waals surface area contributed by atoms with Gasteiger partial charge in [-0.25, -0.2) is 4.68 Å². The number of nitrogens with zero attached hydrogens (tertiary/aromatic N) is 3. The van der Waals surface area contributed by atoms with Crippen LogP contribution in [0.3, 0.4) is 0 Å². The van der Waals surface area contributed by atoms with Crippen molar-refractivity contribution in [3.05, 3.63) is 5.82 Å². The Hall–Kier alpha value is -1.06. The molecule has 98 valence electrons. The summed E-state index contributed by atoms with van der Waals surface area (Å²) in [6, 6.07) is 0. The van der Waals surface area contributed by atoms with Gasteiger partial charge in [-0.2, -0.15) is 10.1 Å². The molecule has 0 unspecified atom stereocenters. The van der Waals surface area contributed by atoms with Crippen molar-refractivity contribution < 1.29 is 0 Å². The van der Waals surface area contributed by atoms with E-state index in [1.165, 1.54) is 38.5 Å². The van der Waals surface area contributed by atoms with Crippen LogP contribution in [0.15, 0.2) is 0 Å². The molecular weight excluding hydrogens is 224 g/mol. The molecule has 5 rings (SSSR count). The first-order valence-electron chi connectivity index (χ1n) is 7.29. The molecule has 4 aliphatic rings. The summed E-state index contributed by atoms with van der Waals surface area (Å²) in [6.07, 6.45) is 8.67. The fraction of sp³-hybridized carbons (Fsp3) is 0.857. The third-order valence-electron chi connectivity index (χ3n) is 5.46. The molecule has 0 atom stereocenters. The van der Waals surface area contributed by atoms with Crippen LogP contribution in [-0.4, -0.2) is 14.8 Å². The van der Waals surface area contributed by atoms with Crippen molar-refractivity contribution in [1.82, 2.24) is 14.8 Å². The minimum absolute atomic E-state index is 0.489. The van der Waals surface area contributed by atoms with E-state index in [-0.39, 0.29) is 0 Å². The Morgan fingerprint density at radius 2 is 1.72 bits per heavy atom. The molecule has 1 heterocycles. The fourth-order valence-corrected chi connectivity index (χ4v) is 5.39. The second-order valence-electron chi connectivity index (χ2n) is 7.09. The van der Waals surface area contributed by atoms with Crippen LogP contribution >= 0.6 is 0 Å². The van der Waals surface area contributed by atoms with Crippen molar-refractivity contribution in [1.29, 1.82) is 0 Å². The van der Waals surface area contributed by atoms with Crippen molar-refractivity contribution in [2.75, 3.05) is 5.73 Å². The lowest BCUT2D eigenvalue weighted by Gasteiger charge is -2.56. The molecule has 2 N–H and O–H groups in total. The number of anilines is 1. The van der Waals surface area contributed by atoms with Crippen molar-refractivity contribution in [3.8, 4) is 0 Å². The number of nitrogen functional groups attached to an aromatic ring is 1. The monoisotopic (exact) mass is 246 g/mol. The lowest BCUT2D eigenvalue weighted by molar-refractivity contribution is -0.0632. The molecule has 0 aliphatic heterocycles. The smallest absolute Gasteiger partial charge is 0.218 e. The lowest BCUT2D eigenvalue weighted by Crippen LogP contribution is -2.48. The molecule has 4 aliphatic carbocycles. The highest BCUT2D eigenvalue weighted by Gasteiger charge is 2.51. The van der Waals surface area contributed by atoms with Gasteiger partial charge in [0.25, 0.3) is 0 Å². The van der Waals surface area contributed by atoms with E-state index in [0.717, 1.165) is 30.1 Å². The van der Waals surface area contributed by atoms with Crippen LogP contribution < -0.4 is 5.73 Å². The molecule has 0 saturated heterocycles. The van der Waals surface area contributed by atoms with Crippen LogP contribution in [0.1, 0.15) is 44.3 Å². The average Bonchev–Trinajstić information content (AvgIpc) is 2.54. The fourth-order valence-electron chi connectivity index (χ4n) is 5.39. The summed E-state index contributed by atoms with van der Waals surface area (Å²) in [5.74, 6) is 4.37. The first-order valence-corrected chi connectivity index (χ1v) is 7.29. The van der Waals surface area contributed by atoms with Crippen molar-refractivity contribution >= 4 is 5.95 Å². The van der Waals surface area contributed by atoms with Crippen molar-refractivity contribution in [3.63, 3.8) is 0 Å². The number of aromatic nitrogens is 3. The van der Waals surface area contributed by atoms with Crippen LogP contribution in [-0.2, 0) is 6.54 Å². The maximum absolute atomic E-state index is 5.96. The van der Waals surface area contributed by atoms with Crippen LogP contribution in [0.2, 0.25) is 0 Å². The summed E-state index contributed by atoms with van der Waals surface area (Å²) >= 11 is 0. The van der Waals surface area contributed by atoms with Crippen LogP contribution in [0.25, 0.3) is 0 Å². The van der Waals surface area contributed by atoms with E-state index in [0.29, 0.717) is 11.4 Å². The van der Waals surface area contributed by atoms with Gasteiger partial charge >= 0.3 is 0 Å². The molecule has 4 saturated carbocycles. The number of nitrogens with two attached hydrogens (primary N) is 1. The summed E-state index contributed by atoms with van der Waals surface area (Å²) in [5.41, 5.74) is 6.45. The van der Waals surface area contributed by atoms with Crippen LogP contribution in [0.5, 0.6) is 0 Å². The number of hydrogen-bond donors (Lipinski definition) is 1. The quantitative estimate of drug-likeness (QED) is 0.871. The molecule has 0 radical (unpaired) electrons. The summed E-state index contributed by atoms with van der Waals surface area (Å²) in [6.45, 7) is 2.93. The molecule has 4 heteroatoms. The molecule has 0 spiro atoms. The second kappa shape index (κ2) is 3.49. The third kappa shape index (κ3) is 1.57. The highest BCUT2D eigenvalue weighted by atomic mass is 15.4. The summed E-state index contributed by atoms with van der Waals surface area (Å²) < 4.78 is 1.96. The van der Waals surface area contributed by atoms with Gasteiger partial charge in [0.2, 0.25) is 5.95 Å². The van der Waals surface area contributed by atoms with Crippen LogP contribution in [0, 0.1) is 30.1 Å². The number of hydrogen-bond acceptors (Lipinski definition) is 3. The van der Waals surface area contributed by atoms with Gasteiger partial charge in [0, 0.05) is 0 Å². The standard InChI is InChI=1S/C14H22N4/c1-9-16-13(15)18(17-9)8-14-5-10-2-11(6-14)4-12(3-10)7-14/h10-12H,2-8H2,1H3,(H2,15,16,17). The molecule has 0 amide bonds. The van der Waals surface area contributed by atoms with Crippen LogP contribution in [0.4, 0.5) is 5.95 Å². The minimum Gasteiger partial charge on any atom is -0.368 e. The summed E-state index contributed by atoms with van der Waals surface area (Å²) in [4.78, 5) is 4.24. The zero-order valence-corrected chi connectivity index (χ0v) is 11.1. The maximum atomic E-state index is 5.96. The van der Waals surface area contributed by atoms with E-state index in [4.69, 9.17) is 5.73 Å². The van der Waals surface area contributed by atoms with E-state index in [1.807, 2.05) is 11.6 Å². The van der Waals surface area contributed by atoms with Crippen molar-refractivity contribution in [2.45, 2.75) is 52.0 Å². The Morgan fingerprint density at radius 3 is 2.17 bits per heavy atom. The molecule has 4 nitrogen and oxygen atoms in total. The topological polar surface area (TPSA) is 56.7 Å². The molecule has 4 fully saturated rings. The predicted octanol–water partition coefficient (Wildman–Crippen LogP) is 2.39. The molecule has 0 aromatic carbocycles. The Bertz CT molecular complexity index is 441. The first kappa shape index (κ1) is 10.8. The zero-order chi connectivity index (χ0) is 12.3. The predicted molar refractivity (Wildman–Crippen MR) is 69.8 cm³/mol. The van der Waals surface area contributed by atoms with Gasteiger partial charge in [0.05, 0.1) is 6.54 Å². The molecule has 18 heavy (non-hydrogen) atoms.